The zero-order valence-corrected chi connectivity index (χ0v) is 47.5. The molecule has 3 saturated heterocycles. The molecule has 3 aliphatic rings. The molecule has 3 rings (SSSR count). The number of hydrogen-bond acceptors (Lipinski definition) is 9. The highest BCUT2D eigenvalue weighted by Gasteiger charge is 2.21. The molecule has 0 radical (unpaired) electrons. The molecular formula is C46H116N4O5P4. The van der Waals surface area contributed by atoms with Gasteiger partial charge in [-0.2, -0.15) is 0 Å². The molecule has 0 aromatic heterocycles. The number of rotatable bonds is 8. The Morgan fingerprint density at radius 3 is 0.763 bits per heavy atom. The van der Waals surface area contributed by atoms with E-state index < -0.39 is 28.5 Å². The molecule has 0 amide bonds. The van der Waals surface area contributed by atoms with Gasteiger partial charge in [-0.25, -0.2) is 0 Å². The van der Waals surface area contributed by atoms with E-state index in [1.54, 1.807) is 21.3 Å². The molecule has 0 aromatic carbocycles. The van der Waals surface area contributed by atoms with Crippen molar-refractivity contribution in [3.05, 3.63) is 0 Å². The van der Waals surface area contributed by atoms with Crippen LogP contribution in [0.15, 0.2) is 0 Å². The van der Waals surface area contributed by atoms with Crippen molar-refractivity contribution in [2.75, 3.05) is 156 Å². The summed E-state index contributed by atoms with van der Waals surface area (Å²) in [4.78, 5) is 9.15. The number of nitrogens with zero attached hydrogens (tertiary/aromatic N) is 4. The van der Waals surface area contributed by atoms with Crippen LogP contribution in [0.5, 0.6) is 0 Å². The Balaban J connectivity index is -0.0000000850. The van der Waals surface area contributed by atoms with Gasteiger partial charge in [0.25, 0.3) is 0 Å². The summed E-state index contributed by atoms with van der Waals surface area (Å²) in [6.07, 6.45) is 28.2. The number of aliphatic hydroxyl groups excluding tert-OH is 1. The quantitative estimate of drug-likeness (QED) is 0.240. The zero-order valence-electron chi connectivity index (χ0n) is 44.0. The summed E-state index contributed by atoms with van der Waals surface area (Å²) >= 11 is 0. The van der Waals surface area contributed by atoms with Gasteiger partial charge in [-0.3, -0.25) is 0 Å². The van der Waals surface area contributed by atoms with Crippen molar-refractivity contribution in [3.63, 3.8) is 0 Å². The van der Waals surface area contributed by atoms with Gasteiger partial charge in [0.05, 0.1) is 18.8 Å². The van der Waals surface area contributed by atoms with Crippen LogP contribution in [0.2, 0.25) is 0 Å². The number of likely N-dealkylation sites (tertiary alicyclic amines) is 3. The normalized spacial score (nSPS) is 16.8. The number of likely N-dealkylation sites (N-methyl/N-ethyl adjacent to an activating group) is 1. The minimum absolute atomic E-state index is 0. The van der Waals surface area contributed by atoms with Gasteiger partial charge < -0.3 is 42.8 Å². The monoisotopic (exact) mass is 929 g/mol. The summed E-state index contributed by atoms with van der Waals surface area (Å²) < 4.78 is 20.6. The van der Waals surface area contributed by atoms with Crippen LogP contribution in [0.3, 0.4) is 0 Å². The lowest BCUT2D eigenvalue weighted by atomic mass is 10.1. The lowest BCUT2D eigenvalue weighted by Crippen LogP contribution is -2.41. The number of piperidine rings is 3. The molecule has 0 spiro atoms. The van der Waals surface area contributed by atoms with Gasteiger partial charge in [0.15, 0.2) is 0 Å². The predicted molar refractivity (Wildman–Crippen MR) is 295 cm³/mol. The summed E-state index contributed by atoms with van der Waals surface area (Å²) in [6, 6.07) is 0.0565. The second-order valence-corrected chi connectivity index (χ2v) is 30.4. The first-order valence-corrected chi connectivity index (χ1v) is 33.2. The van der Waals surface area contributed by atoms with Crippen LogP contribution in [-0.2, 0) is 18.1 Å². The van der Waals surface area contributed by atoms with Crippen molar-refractivity contribution in [1.29, 1.82) is 0 Å². The molecule has 59 heavy (non-hydrogen) atoms. The van der Waals surface area contributed by atoms with E-state index >= 15 is 0 Å². The van der Waals surface area contributed by atoms with Crippen LogP contribution < -0.4 is 0 Å². The van der Waals surface area contributed by atoms with E-state index in [1.807, 2.05) is 121 Å². The Morgan fingerprint density at radius 2 is 0.678 bits per heavy atom. The Bertz CT molecular complexity index is 888. The van der Waals surface area contributed by atoms with Crippen LogP contribution in [0.1, 0.15) is 114 Å². The molecule has 3 heterocycles. The molecule has 2 atom stereocenters. The van der Waals surface area contributed by atoms with E-state index in [0.29, 0.717) is 0 Å². The Labute approximate surface area is 376 Å². The molecule has 2 unspecified atom stereocenters. The first kappa shape index (κ1) is 77.1. The highest BCUT2D eigenvalue weighted by molar-refractivity contribution is 7.68. The lowest BCUT2D eigenvalue weighted by Gasteiger charge is -2.31. The summed E-state index contributed by atoms with van der Waals surface area (Å²) in [7, 11) is 10.6. The first-order chi connectivity index (χ1) is 26.6. The maximum absolute atomic E-state index is 9.13. The molecule has 3 fully saturated rings. The average Bonchev–Trinajstić information content (AvgIpc) is 3.15. The van der Waals surface area contributed by atoms with Gasteiger partial charge in [0.2, 0.25) is 0 Å². The molecule has 1 N–H and O–H groups in total. The SMILES string of the molecule is C.C=P(C)(C)OC.C=P(C)(C)OC.C=P(C)(C)OC.C=P(C)(C)OC(C)C(CO)N(C)C.CC.CC.CC.CN1CCCCC1.CN1CCCCC1.CN1CCCCC1. The van der Waals surface area contributed by atoms with Gasteiger partial charge in [-0.1, -0.05) is 93.4 Å². The first-order valence-electron chi connectivity index (χ1n) is 22.1. The van der Waals surface area contributed by atoms with Crippen molar-refractivity contribution in [1.82, 2.24) is 19.6 Å². The maximum Gasteiger partial charge on any atom is 0.0765 e. The maximum atomic E-state index is 9.13. The third kappa shape index (κ3) is 79.7. The van der Waals surface area contributed by atoms with Crippen molar-refractivity contribution in [3.8, 4) is 0 Å². The average molecular weight is 929 g/mol. The Kier molecular flexibility index (Phi) is 65.1. The Hall–Kier alpha value is 0.840. The highest BCUT2D eigenvalue weighted by Crippen LogP contribution is 2.39. The van der Waals surface area contributed by atoms with Crippen molar-refractivity contribution < 1.29 is 23.2 Å². The van der Waals surface area contributed by atoms with Gasteiger partial charge >= 0.3 is 0 Å². The van der Waals surface area contributed by atoms with Crippen LogP contribution in [0, 0.1) is 0 Å². The molecule has 0 saturated carbocycles. The number of aliphatic hydroxyl groups is 1. The van der Waals surface area contributed by atoms with Crippen molar-refractivity contribution in [2.45, 2.75) is 126 Å². The lowest BCUT2D eigenvalue weighted by molar-refractivity contribution is 0.0735. The van der Waals surface area contributed by atoms with Gasteiger partial charge in [-0.05, 0) is 202 Å². The van der Waals surface area contributed by atoms with Crippen LogP contribution >= 0.6 is 28.5 Å². The predicted octanol–water partition coefficient (Wildman–Crippen LogP) is 11.7. The Morgan fingerprint density at radius 1 is 0.492 bits per heavy atom. The smallest absolute Gasteiger partial charge is 0.0765 e. The van der Waals surface area contributed by atoms with Crippen molar-refractivity contribution >= 4 is 53.6 Å². The molecule has 0 aromatic rings. The molecule has 3 aliphatic heterocycles. The van der Waals surface area contributed by atoms with Crippen LogP contribution in [0.25, 0.3) is 0 Å². The fourth-order valence-electron chi connectivity index (χ4n) is 4.41. The third-order valence-corrected chi connectivity index (χ3v) is 11.9. The molecular weight excluding hydrogens is 812 g/mol. The standard InChI is InChI=1S/C9H22NO2P.3C6H13N.3C4H11OP.3C2H6.CH4/c1-8(12-13(4,5)6)9(7-11)10(2)3;3*1-7-5-3-2-4-6-7;3*1-5-6(2,3)4;3*1-2;/h8-9,11H,4,7H2,1-3,5-6H3;3*2-6H2,1H3;3*2H2,1,3-4H3;3*1-2H3;1H4. The molecule has 13 heteroatoms. The van der Waals surface area contributed by atoms with Crippen LogP contribution in [-0.4, -0.2) is 218 Å². The van der Waals surface area contributed by atoms with E-state index in [-0.39, 0.29) is 26.2 Å². The van der Waals surface area contributed by atoms with Gasteiger partial charge in [-0.15, -0.1) is 0 Å². The second kappa shape index (κ2) is 49.8. The fraction of sp³-hybridized carbons (Fsp3) is 0.913. The largest absolute Gasteiger partial charge is 0.395 e. The third-order valence-electron chi connectivity index (χ3n) is 8.07. The summed E-state index contributed by atoms with van der Waals surface area (Å²) in [6.45, 7) is 38.2. The molecule has 0 aliphatic carbocycles. The highest BCUT2D eigenvalue weighted by atomic mass is 31.2. The second-order valence-electron chi connectivity index (χ2n) is 16.5. The number of hydrogen-bond donors (Lipinski definition) is 1. The summed E-state index contributed by atoms with van der Waals surface area (Å²) in [5, 5.41) is 9.13. The van der Waals surface area contributed by atoms with Gasteiger partial charge in [0.1, 0.15) is 0 Å². The van der Waals surface area contributed by atoms with E-state index in [1.165, 1.54) is 97.1 Å². The molecule has 9 nitrogen and oxygen atoms in total. The van der Waals surface area contributed by atoms with E-state index in [4.69, 9.17) is 23.2 Å². The summed E-state index contributed by atoms with van der Waals surface area (Å²) in [5.41, 5.74) is 0. The minimum atomic E-state index is -1.47. The fourth-order valence-corrected chi connectivity index (χ4v) is 5.45. The molecule has 0 bridgehead atoms. The topological polar surface area (TPSA) is 70.1 Å². The van der Waals surface area contributed by atoms with Gasteiger partial charge in [0, 0.05) is 21.3 Å². The van der Waals surface area contributed by atoms with E-state index in [2.05, 4.69) is 61.0 Å². The van der Waals surface area contributed by atoms with Crippen LogP contribution in [0.4, 0.5) is 0 Å². The van der Waals surface area contributed by atoms with Crippen molar-refractivity contribution in [2.24, 2.45) is 0 Å². The van der Waals surface area contributed by atoms with E-state index in [0.717, 1.165) is 0 Å². The zero-order chi connectivity index (χ0) is 47.6. The summed E-state index contributed by atoms with van der Waals surface area (Å²) in [5.74, 6) is 0. The molecule has 370 valence electrons. The van der Waals surface area contributed by atoms with E-state index in [9.17, 15) is 0 Å². The minimum Gasteiger partial charge on any atom is -0.395 e.